The average Bonchev–Trinajstić information content (AvgIpc) is 3.07. The summed E-state index contributed by atoms with van der Waals surface area (Å²) in [5.74, 6) is -1.95. The minimum atomic E-state index is -2.26. The third-order valence-electron chi connectivity index (χ3n) is 5.64. The predicted octanol–water partition coefficient (Wildman–Crippen LogP) is 1.33. The molecule has 0 saturated carbocycles. The van der Waals surface area contributed by atoms with Gasteiger partial charge in [0.15, 0.2) is 0 Å². The van der Waals surface area contributed by atoms with E-state index in [1.165, 1.54) is 28.1 Å². The Balaban J connectivity index is 1.46. The number of morpholine rings is 1. The molecule has 1 aromatic carbocycles. The number of ether oxygens (including phenoxy) is 1. The van der Waals surface area contributed by atoms with Gasteiger partial charge in [0.1, 0.15) is 18.2 Å². The van der Waals surface area contributed by atoms with Crippen LogP contribution in [0.5, 0.6) is 0 Å². The molecule has 0 radical (unpaired) electrons. The number of halogens is 2. The van der Waals surface area contributed by atoms with E-state index in [4.69, 9.17) is 16.3 Å². The van der Waals surface area contributed by atoms with E-state index in [2.05, 4.69) is 10.3 Å². The van der Waals surface area contributed by atoms with Crippen LogP contribution >= 0.6 is 11.6 Å². The first-order chi connectivity index (χ1) is 15.7. The fourth-order valence-electron chi connectivity index (χ4n) is 3.93. The number of anilines is 2. The van der Waals surface area contributed by atoms with E-state index in [0.717, 1.165) is 6.07 Å². The quantitative estimate of drug-likeness (QED) is 0.630. The van der Waals surface area contributed by atoms with Crippen LogP contribution in [-0.2, 0) is 25.7 Å². The summed E-state index contributed by atoms with van der Waals surface area (Å²) in [6.45, 7) is 2.53. The summed E-state index contributed by atoms with van der Waals surface area (Å²) in [5.41, 5.74) is -0.794. The number of pyridine rings is 1. The molecule has 1 aromatic heterocycles. The van der Waals surface area contributed by atoms with E-state index in [1.54, 1.807) is 13.0 Å². The molecule has 33 heavy (non-hydrogen) atoms. The summed E-state index contributed by atoms with van der Waals surface area (Å²) in [5, 5.41) is 13.5. The molecule has 2 aliphatic heterocycles. The molecule has 2 aromatic rings. The lowest BCUT2D eigenvalue weighted by Gasteiger charge is -2.28. The maximum absolute atomic E-state index is 13.5. The molecule has 0 spiro atoms. The van der Waals surface area contributed by atoms with E-state index in [0.29, 0.717) is 35.8 Å². The Hall–Kier alpha value is -3.08. The van der Waals surface area contributed by atoms with Crippen molar-refractivity contribution in [3.63, 3.8) is 0 Å². The van der Waals surface area contributed by atoms with E-state index < -0.39 is 23.2 Å². The summed E-state index contributed by atoms with van der Waals surface area (Å²) in [6, 6.07) is 5.50. The highest BCUT2D eigenvalue weighted by molar-refractivity contribution is 6.30. The van der Waals surface area contributed by atoms with E-state index >= 15 is 0 Å². The van der Waals surface area contributed by atoms with Crippen LogP contribution in [0, 0.1) is 12.7 Å². The average molecular weight is 477 g/mol. The number of carbonyl (C=O) groups excluding carboxylic acids is 3. The zero-order valence-electron chi connectivity index (χ0n) is 17.8. The Labute approximate surface area is 194 Å². The van der Waals surface area contributed by atoms with Crippen LogP contribution < -0.4 is 15.1 Å². The smallest absolute Gasteiger partial charge is 0.268 e. The molecule has 4 rings (SSSR count). The number of aromatic nitrogens is 1. The number of hydrogen-bond donors (Lipinski definition) is 2. The molecule has 9 nitrogen and oxygen atoms in total. The molecule has 2 N–H and O–H groups in total. The van der Waals surface area contributed by atoms with Gasteiger partial charge >= 0.3 is 0 Å². The summed E-state index contributed by atoms with van der Waals surface area (Å²) in [6.07, 6.45) is 1.31. The van der Waals surface area contributed by atoms with Crippen LogP contribution in [0.1, 0.15) is 17.5 Å². The van der Waals surface area contributed by atoms with Gasteiger partial charge in [-0.3, -0.25) is 19.3 Å². The molecular weight excluding hydrogens is 455 g/mol. The summed E-state index contributed by atoms with van der Waals surface area (Å²) in [7, 11) is 0. The van der Waals surface area contributed by atoms with Crippen LogP contribution in [-0.4, -0.2) is 59.7 Å². The standard InChI is InChI=1S/C22H22ClFN4O5/c1-13-6-17(11-25-19(13)28-4-5-33-12-18(28)29)27-3-2-22(32,21(27)31)20(30)26-10-14-7-15(23)9-16(24)8-14/h6-9,11,32H,2-5,10,12H2,1H3,(H,26,30). The second-order valence-corrected chi connectivity index (χ2v) is 8.40. The second-order valence-electron chi connectivity index (χ2n) is 7.96. The maximum Gasteiger partial charge on any atom is 0.268 e. The summed E-state index contributed by atoms with van der Waals surface area (Å²) in [4.78, 5) is 44.9. The Morgan fingerprint density at radius 1 is 1.27 bits per heavy atom. The minimum absolute atomic E-state index is 0.0164. The first-order valence-corrected chi connectivity index (χ1v) is 10.7. The van der Waals surface area contributed by atoms with Gasteiger partial charge in [0.2, 0.25) is 5.60 Å². The number of nitrogens with zero attached hydrogens (tertiary/aromatic N) is 3. The lowest BCUT2D eigenvalue weighted by atomic mass is 10.0. The molecule has 174 valence electrons. The number of carbonyl (C=O) groups is 3. The highest BCUT2D eigenvalue weighted by atomic mass is 35.5. The molecule has 3 heterocycles. The molecule has 2 aliphatic rings. The Kier molecular flexibility index (Phi) is 6.33. The highest BCUT2D eigenvalue weighted by Gasteiger charge is 2.51. The van der Waals surface area contributed by atoms with Crippen LogP contribution in [0.25, 0.3) is 0 Å². The third-order valence-corrected chi connectivity index (χ3v) is 5.85. The monoisotopic (exact) mass is 476 g/mol. The van der Waals surface area contributed by atoms with Gasteiger partial charge in [-0.25, -0.2) is 9.37 Å². The zero-order chi connectivity index (χ0) is 23.8. The lowest BCUT2D eigenvalue weighted by Crippen LogP contribution is -2.52. The van der Waals surface area contributed by atoms with Crippen molar-refractivity contribution < 1.29 is 28.6 Å². The first kappa shape index (κ1) is 23.1. The van der Waals surface area contributed by atoms with Crippen molar-refractivity contribution in [3.8, 4) is 0 Å². The normalized spacial score (nSPS) is 21.0. The maximum atomic E-state index is 13.5. The van der Waals surface area contributed by atoms with Gasteiger partial charge in [0, 0.05) is 24.5 Å². The summed E-state index contributed by atoms with van der Waals surface area (Å²) >= 11 is 5.81. The van der Waals surface area contributed by atoms with E-state index in [1.807, 2.05) is 0 Å². The number of amides is 3. The fraction of sp³-hybridized carbons (Fsp3) is 0.364. The van der Waals surface area contributed by atoms with Crippen molar-refractivity contribution in [2.75, 3.05) is 36.1 Å². The van der Waals surface area contributed by atoms with Crippen LogP contribution in [0.2, 0.25) is 5.02 Å². The van der Waals surface area contributed by atoms with Gasteiger partial charge in [0.25, 0.3) is 17.7 Å². The number of rotatable bonds is 5. The lowest BCUT2D eigenvalue weighted by molar-refractivity contribution is -0.149. The third kappa shape index (κ3) is 4.54. The first-order valence-electron chi connectivity index (χ1n) is 10.3. The van der Waals surface area contributed by atoms with Crippen LogP contribution in [0.15, 0.2) is 30.5 Å². The summed E-state index contributed by atoms with van der Waals surface area (Å²) < 4.78 is 18.6. The number of nitrogens with one attached hydrogen (secondary N) is 1. The molecule has 3 amide bonds. The molecule has 2 fully saturated rings. The topological polar surface area (TPSA) is 112 Å². The van der Waals surface area contributed by atoms with Crippen molar-refractivity contribution in [1.29, 1.82) is 0 Å². The Morgan fingerprint density at radius 3 is 2.76 bits per heavy atom. The molecule has 1 unspecified atom stereocenters. The van der Waals surface area contributed by atoms with Crippen LogP contribution in [0.3, 0.4) is 0 Å². The number of hydrogen-bond acceptors (Lipinski definition) is 6. The molecule has 0 aliphatic carbocycles. The highest BCUT2D eigenvalue weighted by Crippen LogP contribution is 2.31. The second kappa shape index (κ2) is 9.05. The minimum Gasteiger partial charge on any atom is -0.372 e. The predicted molar refractivity (Wildman–Crippen MR) is 117 cm³/mol. The van der Waals surface area contributed by atoms with Gasteiger partial charge in [-0.2, -0.15) is 0 Å². The van der Waals surface area contributed by atoms with Gasteiger partial charge < -0.3 is 20.1 Å². The van der Waals surface area contributed by atoms with Crippen LogP contribution in [0.4, 0.5) is 15.9 Å². The van der Waals surface area contributed by atoms with Crippen molar-refractivity contribution in [3.05, 3.63) is 52.4 Å². The van der Waals surface area contributed by atoms with Gasteiger partial charge in [-0.05, 0) is 42.3 Å². The number of aryl methyl sites for hydroxylation is 1. The number of benzene rings is 1. The molecular formula is C22H22ClFN4O5. The van der Waals surface area contributed by atoms with Crippen molar-refractivity contribution in [1.82, 2.24) is 10.3 Å². The largest absolute Gasteiger partial charge is 0.372 e. The SMILES string of the molecule is Cc1cc(N2CCC(O)(C(=O)NCc3cc(F)cc(Cl)c3)C2=O)cnc1N1CCOCC1=O. The van der Waals surface area contributed by atoms with Crippen molar-refractivity contribution in [2.24, 2.45) is 0 Å². The van der Waals surface area contributed by atoms with Gasteiger partial charge in [0.05, 0.1) is 25.0 Å². The zero-order valence-corrected chi connectivity index (χ0v) is 18.6. The molecule has 11 heteroatoms. The fourth-order valence-corrected chi connectivity index (χ4v) is 4.17. The van der Waals surface area contributed by atoms with E-state index in [9.17, 15) is 23.9 Å². The number of aliphatic hydroxyl groups is 1. The molecule has 2 saturated heterocycles. The van der Waals surface area contributed by atoms with E-state index in [-0.39, 0.29) is 37.0 Å². The van der Waals surface area contributed by atoms with Gasteiger partial charge in [-0.15, -0.1) is 0 Å². The Bertz CT molecular complexity index is 1110. The Morgan fingerprint density at radius 2 is 2.06 bits per heavy atom. The molecule has 0 bridgehead atoms. The van der Waals surface area contributed by atoms with Crippen molar-refractivity contribution >= 4 is 40.8 Å². The van der Waals surface area contributed by atoms with Crippen molar-refractivity contribution in [2.45, 2.75) is 25.5 Å². The molecule has 1 atom stereocenters. The van der Waals surface area contributed by atoms with Gasteiger partial charge in [-0.1, -0.05) is 11.6 Å².